The van der Waals surface area contributed by atoms with Crippen LogP contribution < -0.4 is 20.1 Å². The zero-order valence-corrected chi connectivity index (χ0v) is 15.7. The van der Waals surface area contributed by atoms with E-state index in [-0.39, 0.29) is 6.03 Å². The number of ether oxygens (including phenoxy) is 2. The van der Waals surface area contributed by atoms with E-state index in [1.165, 1.54) is 0 Å². The van der Waals surface area contributed by atoms with Crippen LogP contribution in [-0.4, -0.2) is 26.3 Å². The zero-order chi connectivity index (χ0) is 18.4. The van der Waals surface area contributed by atoms with Crippen molar-refractivity contribution in [3.8, 4) is 11.5 Å². The number of carbonyl (C=O) groups is 1. The maximum atomic E-state index is 12.0. The summed E-state index contributed by atoms with van der Waals surface area (Å²) in [5.41, 5.74) is 3.67. The maximum absolute atomic E-state index is 12.0. The van der Waals surface area contributed by atoms with Crippen LogP contribution in [0.2, 0.25) is 5.02 Å². The van der Waals surface area contributed by atoms with Crippen molar-refractivity contribution in [3.63, 3.8) is 0 Å². The van der Waals surface area contributed by atoms with Gasteiger partial charge in [0.25, 0.3) is 0 Å². The van der Waals surface area contributed by atoms with Crippen molar-refractivity contribution in [2.24, 2.45) is 0 Å². The number of amides is 2. The predicted molar refractivity (Wildman–Crippen MR) is 101 cm³/mol. The van der Waals surface area contributed by atoms with Crippen LogP contribution in [0.1, 0.15) is 16.7 Å². The lowest BCUT2D eigenvalue weighted by Gasteiger charge is -2.14. The second kappa shape index (κ2) is 8.62. The summed E-state index contributed by atoms with van der Waals surface area (Å²) in [7, 11) is 1.60. The Morgan fingerprint density at radius 3 is 2.52 bits per heavy atom. The van der Waals surface area contributed by atoms with Gasteiger partial charge >= 0.3 is 6.03 Å². The number of methoxy groups -OCH3 is 1. The maximum Gasteiger partial charge on any atom is 0.319 e. The predicted octanol–water partition coefficient (Wildman–Crippen LogP) is 4.47. The number of aryl methyl sites for hydroxylation is 3. The first kappa shape index (κ1) is 18.9. The third-order valence-corrected chi connectivity index (χ3v) is 3.93. The van der Waals surface area contributed by atoms with E-state index in [0.29, 0.717) is 35.4 Å². The van der Waals surface area contributed by atoms with Crippen LogP contribution in [0.4, 0.5) is 10.5 Å². The molecule has 0 saturated heterocycles. The van der Waals surface area contributed by atoms with Crippen LogP contribution in [0.25, 0.3) is 0 Å². The van der Waals surface area contributed by atoms with Crippen LogP contribution in [0.15, 0.2) is 30.3 Å². The van der Waals surface area contributed by atoms with Crippen molar-refractivity contribution < 1.29 is 14.3 Å². The number of nitrogens with one attached hydrogen (secondary N) is 2. The van der Waals surface area contributed by atoms with Crippen molar-refractivity contribution in [3.05, 3.63) is 52.0 Å². The fourth-order valence-corrected chi connectivity index (χ4v) is 2.82. The van der Waals surface area contributed by atoms with Gasteiger partial charge in [0.1, 0.15) is 6.61 Å². The molecule has 2 amide bonds. The summed E-state index contributed by atoms with van der Waals surface area (Å²) < 4.78 is 10.9. The fraction of sp³-hybridized carbons (Fsp3) is 0.316. The molecular weight excluding hydrogens is 340 g/mol. The molecule has 0 radical (unpaired) electrons. The monoisotopic (exact) mass is 362 g/mol. The van der Waals surface area contributed by atoms with Gasteiger partial charge in [0.15, 0.2) is 11.5 Å². The first-order valence-corrected chi connectivity index (χ1v) is 8.37. The van der Waals surface area contributed by atoms with Gasteiger partial charge in [0.2, 0.25) is 0 Å². The summed E-state index contributed by atoms with van der Waals surface area (Å²) in [5, 5.41) is 6.04. The summed E-state index contributed by atoms with van der Waals surface area (Å²) in [6.07, 6.45) is 0. The molecule has 0 bridgehead atoms. The topological polar surface area (TPSA) is 59.6 Å². The molecule has 25 heavy (non-hydrogen) atoms. The summed E-state index contributed by atoms with van der Waals surface area (Å²) >= 11 is 6.19. The van der Waals surface area contributed by atoms with Crippen molar-refractivity contribution >= 4 is 23.3 Å². The van der Waals surface area contributed by atoms with E-state index in [0.717, 1.165) is 16.7 Å². The molecular formula is C19H23ClN2O3. The van der Waals surface area contributed by atoms with Gasteiger partial charge in [-0.15, -0.1) is 0 Å². The minimum absolute atomic E-state index is 0.326. The molecule has 0 saturated carbocycles. The second-order valence-electron chi connectivity index (χ2n) is 5.82. The largest absolute Gasteiger partial charge is 0.493 e. The van der Waals surface area contributed by atoms with E-state index >= 15 is 0 Å². The van der Waals surface area contributed by atoms with Gasteiger partial charge in [-0.3, -0.25) is 0 Å². The Balaban J connectivity index is 1.84. The first-order chi connectivity index (χ1) is 11.9. The Morgan fingerprint density at radius 1 is 1.08 bits per heavy atom. The van der Waals surface area contributed by atoms with E-state index in [2.05, 4.69) is 10.6 Å². The Bertz CT molecular complexity index is 739. The van der Waals surface area contributed by atoms with Gasteiger partial charge < -0.3 is 20.1 Å². The standard InChI is InChI=1S/C19H23ClN2O3/c1-12-5-6-16(17(11-12)24-4)25-8-7-21-19(23)22-18-14(3)9-13(2)10-15(18)20/h5-6,9-11H,7-8H2,1-4H3,(H2,21,22,23). The average molecular weight is 363 g/mol. The molecule has 0 fully saturated rings. The zero-order valence-electron chi connectivity index (χ0n) is 14.9. The number of hydrogen-bond acceptors (Lipinski definition) is 3. The Hall–Kier alpha value is -2.40. The second-order valence-corrected chi connectivity index (χ2v) is 6.23. The van der Waals surface area contributed by atoms with Gasteiger partial charge in [0.05, 0.1) is 24.4 Å². The molecule has 0 atom stereocenters. The van der Waals surface area contributed by atoms with Gasteiger partial charge in [-0.25, -0.2) is 4.79 Å². The van der Waals surface area contributed by atoms with Crippen LogP contribution >= 0.6 is 11.6 Å². The molecule has 2 N–H and O–H groups in total. The lowest BCUT2D eigenvalue weighted by molar-refractivity contribution is 0.246. The molecule has 0 aliphatic carbocycles. The average Bonchev–Trinajstić information content (AvgIpc) is 2.55. The van der Waals surface area contributed by atoms with Gasteiger partial charge in [-0.05, 0) is 55.7 Å². The van der Waals surface area contributed by atoms with E-state index in [1.807, 2.05) is 51.1 Å². The molecule has 0 aromatic heterocycles. The van der Waals surface area contributed by atoms with Gasteiger partial charge in [-0.2, -0.15) is 0 Å². The van der Waals surface area contributed by atoms with E-state index in [4.69, 9.17) is 21.1 Å². The van der Waals surface area contributed by atoms with Gasteiger partial charge in [0, 0.05) is 0 Å². The summed E-state index contributed by atoms with van der Waals surface area (Å²) in [6, 6.07) is 9.15. The highest BCUT2D eigenvalue weighted by atomic mass is 35.5. The SMILES string of the molecule is COc1cc(C)ccc1OCCNC(=O)Nc1c(C)cc(C)cc1Cl. The molecule has 134 valence electrons. The van der Waals surface area contributed by atoms with Crippen molar-refractivity contribution in [1.82, 2.24) is 5.32 Å². The molecule has 6 heteroatoms. The molecule has 2 aromatic rings. The molecule has 0 aliphatic heterocycles. The Labute approximate surface area is 153 Å². The Kier molecular flexibility index (Phi) is 6.53. The molecule has 2 rings (SSSR count). The number of rotatable bonds is 6. The third kappa shape index (κ3) is 5.29. The Morgan fingerprint density at radius 2 is 1.84 bits per heavy atom. The number of hydrogen-bond donors (Lipinski definition) is 2. The number of halogens is 1. The molecule has 2 aromatic carbocycles. The minimum Gasteiger partial charge on any atom is -0.493 e. The molecule has 0 unspecified atom stereocenters. The number of anilines is 1. The van der Waals surface area contributed by atoms with E-state index < -0.39 is 0 Å². The fourth-order valence-electron chi connectivity index (χ4n) is 2.45. The quantitative estimate of drug-likeness (QED) is 0.745. The molecule has 0 heterocycles. The number of carbonyl (C=O) groups excluding carboxylic acids is 1. The van der Waals surface area contributed by atoms with Crippen molar-refractivity contribution in [2.75, 3.05) is 25.6 Å². The highest BCUT2D eigenvalue weighted by Gasteiger charge is 2.09. The highest BCUT2D eigenvalue weighted by molar-refractivity contribution is 6.34. The number of benzene rings is 2. The molecule has 0 spiro atoms. The highest BCUT2D eigenvalue weighted by Crippen LogP contribution is 2.28. The summed E-state index contributed by atoms with van der Waals surface area (Å²) in [4.78, 5) is 12.0. The van der Waals surface area contributed by atoms with Crippen LogP contribution in [0.3, 0.4) is 0 Å². The van der Waals surface area contributed by atoms with Crippen molar-refractivity contribution in [2.45, 2.75) is 20.8 Å². The summed E-state index contributed by atoms with van der Waals surface area (Å²) in [5.74, 6) is 1.32. The van der Waals surface area contributed by atoms with Crippen LogP contribution in [-0.2, 0) is 0 Å². The van der Waals surface area contributed by atoms with Crippen molar-refractivity contribution in [1.29, 1.82) is 0 Å². The lowest BCUT2D eigenvalue weighted by atomic mass is 10.1. The first-order valence-electron chi connectivity index (χ1n) is 7.99. The van der Waals surface area contributed by atoms with Crippen LogP contribution in [0, 0.1) is 20.8 Å². The van der Waals surface area contributed by atoms with Gasteiger partial charge in [-0.1, -0.05) is 23.7 Å². The molecule has 5 nitrogen and oxygen atoms in total. The molecule has 0 aliphatic rings. The number of urea groups is 1. The smallest absolute Gasteiger partial charge is 0.319 e. The van der Waals surface area contributed by atoms with E-state index in [9.17, 15) is 4.79 Å². The minimum atomic E-state index is -0.326. The summed E-state index contributed by atoms with van der Waals surface area (Å²) in [6.45, 7) is 6.52. The van der Waals surface area contributed by atoms with Crippen LogP contribution in [0.5, 0.6) is 11.5 Å². The normalized spacial score (nSPS) is 10.3. The third-order valence-electron chi connectivity index (χ3n) is 3.63. The van der Waals surface area contributed by atoms with E-state index in [1.54, 1.807) is 7.11 Å². The lowest BCUT2D eigenvalue weighted by Crippen LogP contribution is -2.32.